The average Bonchev–Trinajstić information content (AvgIpc) is 2.60. The van der Waals surface area contributed by atoms with Crippen LogP contribution in [0.1, 0.15) is 33.3 Å². The molecule has 0 radical (unpaired) electrons. The first-order chi connectivity index (χ1) is 9.94. The molecule has 122 valence electrons. The van der Waals surface area contributed by atoms with Gasteiger partial charge in [0.1, 0.15) is 5.75 Å². The standard InChI is InChI=1S/C17H27NO3Si/c1-16(2,3)22(6,7)21-12-8-9-13-14(10-12)18(5)15(20)17(13,4)11-19/h8-10,19H,11H2,1-7H3/t17-/m0/s1. The number of benzene rings is 1. The molecule has 1 aromatic carbocycles. The quantitative estimate of drug-likeness (QED) is 0.869. The lowest BCUT2D eigenvalue weighted by molar-refractivity contribution is -0.123. The summed E-state index contributed by atoms with van der Waals surface area (Å²) in [5.74, 6) is 0.724. The topological polar surface area (TPSA) is 49.8 Å². The van der Waals surface area contributed by atoms with Gasteiger partial charge in [0, 0.05) is 13.1 Å². The van der Waals surface area contributed by atoms with Crippen molar-refractivity contribution in [2.45, 2.75) is 51.2 Å². The number of carbonyl (C=O) groups is 1. The van der Waals surface area contributed by atoms with Gasteiger partial charge in [0.05, 0.1) is 17.7 Å². The Hall–Kier alpha value is -1.33. The number of aliphatic hydroxyl groups excluding tert-OH is 1. The Morgan fingerprint density at radius 3 is 2.41 bits per heavy atom. The van der Waals surface area contributed by atoms with Crippen molar-refractivity contribution in [3.05, 3.63) is 23.8 Å². The van der Waals surface area contributed by atoms with Crippen LogP contribution in [0.2, 0.25) is 18.1 Å². The van der Waals surface area contributed by atoms with E-state index in [-0.39, 0.29) is 17.6 Å². The zero-order valence-corrected chi connectivity index (χ0v) is 15.7. The van der Waals surface area contributed by atoms with Crippen molar-refractivity contribution in [3.63, 3.8) is 0 Å². The van der Waals surface area contributed by atoms with E-state index in [4.69, 9.17) is 4.43 Å². The summed E-state index contributed by atoms with van der Waals surface area (Å²) in [6.45, 7) is 12.6. The molecule has 0 fully saturated rings. The van der Waals surface area contributed by atoms with Gasteiger partial charge in [-0.25, -0.2) is 0 Å². The summed E-state index contributed by atoms with van der Waals surface area (Å²) >= 11 is 0. The van der Waals surface area contributed by atoms with Gasteiger partial charge in [0.15, 0.2) is 0 Å². The second kappa shape index (κ2) is 5.10. The van der Waals surface area contributed by atoms with E-state index in [1.165, 1.54) is 0 Å². The predicted molar refractivity (Wildman–Crippen MR) is 92.1 cm³/mol. The molecular formula is C17H27NO3Si. The lowest BCUT2D eigenvalue weighted by atomic mass is 9.85. The minimum absolute atomic E-state index is 0.0746. The van der Waals surface area contributed by atoms with Crippen molar-refractivity contribution < 1.29 is 14.3 Å². The van der Waals surface area contributed by atoms with E-state index in [2.05, 4.69) is 33.9 Å². The second-order valence-electron chi connectivity index (χ2n) is 7.90. The number of fused-ring (bicyclic) bond motifs is 1. The molecule has 1 aromatic rings. The molecule has 2 rings (SSSR count). The van der Waals surface area contributed by atoms with E-state index >= 15 is 0 Å². The second-order valence-corrected chi connectivity index (χ2v) is 12.6. The number of carbonyl (C=O) groups excluding carboxylic acids is 1. The van der Waals surface area contributed by atoms with Crippen molar-refractivity contribution >= 4 is 19.9 Å². The number of nitrogens with zero attached hydrogens (tertiary/aromatic N) is 1. The molecule has 1 amide bonds. The van der Waals surface area contributed by atoms with Crippen LogP contribution >= 0.6 is 0 Å². The average molecular weight is 321 g/mol. The molecule has 0 spiro atoms. The van der Waals surface area contributed by atoms with Gasteiger partial charge in [-0.1, -0.05) is 26.8 Å². The Labute approximate surface area is 134 Å². The van der Waals surface area contributed by atoms with E-state index in [9.17, 15) is 9.90 Å². The fourth-order valence-corrected chi connectivity index (χ4v) is 3.54. The van der Waals surface area contributed by atoms with Crippen molar-refractivity contribution in [2.75, 3.05) is 18.6 Å². The van der Waals surface area contributed by atoms with E-state index in [1.807, 2.05) is 18.2 Å². The van der Waals surface area contributed by atoms with E-state index in [0.29, 0.717) is 0 Å². The number of aliphatic hydroxyl groups is 1. The van der Waals surface area contributed by atoms with Crippen molar-refractivity contribution in [3.8, 4) is 5.75 Å². The molecule has 0 saturated heterocycles. The summed E-state index contributed by atoms with van der Waals surface area (Å²) in [6, 6.07) is 5.75. The minimum atomic E-state index is -1.91. The van der Waals surface area contributed by atoms with Crippen LogP contribution in [0.15, 0.2) is 18.2 Å². The van der Waals surface area contributed by atoms with Gasteiger partial charge in [-0.3, -0.25) is 4.79 Å². The largest absolute Gasteiger partial charge is 0.543 e. The maximum absolute atomic E-state index is 12.4. The molecule has 0 saturated carbocycles. The third-order valence-corrected chi connectivity index (χ3v) is 9.56. The molecule has 5 heteroatoms. The van der Waals surface area contributed by atoms with Crippen LogP contribution in [0.25, 0.3) is 0 Å². The summed E-state index contributed by atoms with van der Waals surface area (Å²) in [5, 5.41) is 9.77. The molecule has 1 aliphatic heterocycles. The highest BCUT2D eigenvalue weighted by Crippen LogP contribution is 2.44. The maximum atomic E-state index is 12.4. The molecule has 1 aliphatic rings. The van der Waals surface area contributed by atoms with Crippen LogP contribution in [0.4, 0.5) is 5.69 Å². The van der Waals surface area contributed by atoms with Crippen LogP contribution in [0, 0.1) is 0 Å². The van der Waals surface area contributed by atoms with Gasteiger partial charge in [-0.2, -0.15) is 0 Å². The minimum Gasteiger partial charge on any atom is -0.543 e. The number of rotatable bonds is 3. The Morgan fingerprint density at radius 2 is 1.91 bits per heavy atom. The van der Waals surface area contributed by atoms with Crippen molar-refractivity contribution in [2.24, 2.45) is 0 Å². The zero-order valence-electron chi connectivity index (χ0n) is 14.7. The summed E-state index contributed by atoms with van der Waals surface area (Å²) in [6.07, 6.45) is 0. The lowest BCUT2D eigenvalue weighted by Crippen LogP contribution is -2.43. The van der Waals surface area contributed by atoms with Crippen LogP contribution < -0.4 is 9.33 Å². The Bertz CT molecular complexity index is 606. The van der Waals surface area contributed by atoms with E-state index in [1.54, 1.807) is 18.9 Å². The predicted octanol–water partition coefficient (Wildman–Crippen LogP) is 3.30. The van der Waals surface area contributed by atoms with Gasteiger partial charge in [0.2, 0.25) is 14.2 Å². The van der Waals surface area contributed by atoms with Crippen molar-refractivity contribution in [1.82, 2.24) is 0 Å². The first-order valence-electron chi connectivity index (χ1n) is 7.66. The summed E-state index contributed by atoms with van der Waals surface area (Å²) in [4.78, 5) is 14.0. The summed E-state index contributed by atoms with van der Waals surface area (Å²) in [5.41, 5.74) is 0.849. The smallest absolute Gasteiger partial charge is 0.250 e. The van der Waals surface area contributed by atoms with Crippen LogP contribution in [0.5, 0.6) is 5.75 Å². The highest BCUT2D eigenvalue weighted by atomic mass is 28.4. The maximum Gasteiger partial charge on any atom is 0.250 e. The molecule has 0 aliphatic carbocycles. The molecular weight excluding hydrogens is 294 g/mol. The van der Waals surface area contributed by atoms with Crippen LogP contribution in [-0.4, -0.2) is 33.0 Å². The van der Waals surface area contributed by atoms with E-state index < -0.39 is 13.7 Å². The Balaban J connectivity index is 2.41. The molecule has 4 nitrogen and oxygen atoms in total. The monoisotopic (exact) mass is 321 g/mol. The zero-order chi connectivity index (χ0) is 16.9. The molecule has 1 heterocycles. The van der Waals surface area contributed by atoms with Gasteiger partial charge in [0.25, 0.3) is 0 Å². The number of hydrogen-bond donors (Lipinski definition) is 1. The summed E-state index contributed by atoms with van der Waals surface area (Å²) in [7, 11) is -0.166. The fraction of sp³-hybridized carbons (Fsp3) is 0.588. The third-order valence-electron chi connectivity index (χ3n) is 5.20. The summed E-state index contributed by atoms with van der Waals surface area (Å²) < 4.78 is 6.32. The van der Waals surface area contributed by atoms with Gasteiger partial charge in [-0.05, 0) is 36.7 Å². The highest BCUT2D eigenvalue weighted by Gasteiger charge is 2.46. The fourth-order valence-electron chi connectivity index (χ4n) is 2.51. The Kier molecular flexibility index (Phi) is 3.95. The van der Waals surface area contributed by atoms with E-state index in [0.717, 1.165) is 17.0 Å². The number of amides is 1. The SMILES string of the molecule is CN1C(=O)[C@@](C)(CO)c2ccc(O[Si](C)(C)C(C)(C)C)cc21. The van der Waals surface area contributed by atoms with Crippen LogP contribution in [-0.2, 0) is 10.2 Å². The first-order valence-corrected chi connectivity index (χ1v) is 10.6. The van der Waals surface area contributed by atoms with Crippen molar-refractivity contribution in [1.29, 1.82) is 0 Å². The van der Waals surface area contributed by atoms with Crippen LogP contribution in [0.3, 0.4) is 0 Å². The molecule has 0 unspecified atom stereocenters. The molecule has 1 N–H and O–H groups in total. The molecule has 22 heavy (non-hydrogen) atoms. The normalized spacial score (nSPS) is 22.0. The lowest BCUT2D eigenvalue weighted by Gasteiger charge is -2.36. The number of hydrogen-bond acceptors (Lipinski definition) is 3. The number of likely N-dealkylation sites (N-methyl/N-ethyl adjacent to an activating group) is 1. The first kappa shape index (κ1) is 17.0. The third kappa shape index (κ3) is 2.46. The number of anilines is 1. The van der Waals surface area contributed by atoms with Gasteiger partial charge >= 0.3 is 0 Å². The van der Waals surface area contributed by atoms with Gasteiger partial charge < -0.3 is 14.4 Å². The molecule has 0 bridgehead atoms. The Morgan fingerprint density at radius 1 is 1.32 bits per heavy atom. The highest BCUT2D eigenvalue weighted by molar-refractivity contribution is 6.74. The van der Waals surface area contributed by atoms with Gasteiger partial charge in [-0.15, -0.1) is 0 Å². The molecule has 0 aromatic heterocycles. The molecule has 1 atom stereocenters.